The van der Waals surface area contributed by atoms with E-state index in [1.165, 1.54) is 24.1 Å². The van der Waals surface area contributed by atoms with Gasteiger partial charge in [-0.2, -0.15) is 4.98 Å². The van der Waals surface area contributed by atoms with Crippen molar-refractivity contribution in [3.05, 3.63) is 36.5 Å². The summed E-state index contributed by atoms with van der Waals surface area (Å²) >= 11 is 0. The molecule has 1 N–H and O–H groups in total. The minimum absolute atomic E-state index is 0.0245. The third-order valence-electron chi connectivity index (χ3n) is 5.89. The molecule has 4 heterocycles. The van der Waals surface area contributed by atoms with Gasteiger partial charge in [0.15, 0.2) is 5.82 Å². The van der Waals surface area contributed by atoms with E-state index in [0.29, 0.717) is 16.6 Å². The Morgan fingerprint density at radius 3 is 2.89 bits per heavy atom. The highest BCUT2D eigenvalue weighted by molar-refractivity contribution is 5.90. The number of hydrogen-bond donors (Lipinski definition) is 1. The Bertz CT molecular complexity index is 1490. The molecule has 0 amide bonds. The van der Waals surface area contributed by atoms with Crippen LogP contribution in [0.15, 0.2) is 30.7 Å². The average molecular weight is 498 g/mol. The molecule has 0 saturated carbocycles. The summed E-state index contributed by atoms with van der Waals surface area (Å²) in [6, 6.07) is 3.16. The number of fused-ring (bicyclic) bond motifs is 2. The SMILES string of the molecule is [2H]C([2H])([2H])N1CC[C@@H](Nc2nc(OC)c3c(-c4ccc5ncn(CC(F)F)c5c4)c(F)cn3n2)C(F)(F)C1. The van der Waals surface area contributed by atoms with Gasteiger partial charge >= 0.3 is 0 Å². The number of nitrogens with zero attached hydrogens (tertiary/aromatic N) is 6. The van der Waals surface area contributed by atoms with Gasteiger partial charge in [-0.05, 0) is 31.1 Å². The first-order valence-electron chi connectivity index (χ1n) is 12.1. The van der Waals surface area contributed by atoms with Crippen LogP contribution in [0.25, 0.3) is 27.7 Å². The van der Waals surface area contributed by atoms with E-state index in [4.69, 9.17) is 8.85 Å². The molecule has 4 aromatic rings. The van der Waals surface area contributed by atoms with Gasteiger partial charge in [-0.15, -0.1) is 5.10 Å². The minimum atomic E-state index is -3.41. The van der Waals surface area contributed by atoms with Gasteiger partial charge in [0.1, 0.15) is 5.52 Å². The van der Waals surface area contributed by atoms with Gasteiger partial charge in [0.2, 0.25) is 11.8 Å². The largest absolute Gasteiger partial charge is 0.479 e. The zero-order valence-electron chi connectivity index (χ0n) is 21.4. The van der Waals surface area contributed by atoms with Crippen LogP contribution in [0, 0.1) is 5.82 Å². The lowest BCUT2D eigenvalue weighted by atomic mass is 10.0. The second kappa shape index (κ2) is 8.63. The molecule has 3 aromatic heterocycles. The van der Waals surface area contributed by atoms with Gasteiger partial charge < -0.3 is 19.5 Å². The van der Waals surface area contributed by atoms with Crippen molar-refractivity contribution in [2.24, 2.45) is 0 Å². The summed E-state index contributed by atoms with van der Waals surface area (Å²) in [6.07, 6.45) is -0.520. The molecule has 1 atom stereocenters. The molecule has 13 heteroatoms. The molecular weight excluding hydrogens is 473 g/mol. The van der Waals surface area contributed by atoms with Gasteiger partial charge in [0.05, 0.1) is 55.4 Å². The number of piperidine rings is 1. The number of aromatic nitrogens is 5. The fraction of sp³-hybridized carbons (Fsp3) is 0.409. The van der Waals surface area contributed by atoms with Crippen molar-refractivity contribution in [3.8, 4) is 17.0 Å². The van der Waals surface area contributed by atoms with Crippen LogP contribution in [-0.4, -0.2) is 74.6 Å². The fourth-order valence-electron chi connectivity index (χ4n) is 4.28. The predicted octanol–water partition coefficient (Wildman–Crippen LogP) is 3.91. The quantitative estimate of drug-likeness (QED) is 0.407. The van der Waals surface area contributed by atoms with Crippen LogP contribution in [0.4, 0.5) is 27.9 Å². The van der Waals surface area contributed by atoms with E-state index in [-0.39, 0.29) is 35.9 Å². The highest BCUT2D eigenvalue weighted by atomic mass is 19.3. The number of anilines is 1. The molecule has 0 bridgehead atoms. The molecule has 1 aliphatic heterocycles. The Labute approximate surface area is 200 Å². The van der Waals surface area contributed by atoms with Crippen molar-refractivity contribution < 1.29 is 30.8 Å². The zero-order chi connectivity index (χ0) is 27.4. The van der Waals surface area contributed by atoms with Crippen molar-refractivity contribution in [1.29, 1.82) is 0 Å². The molecule has 8 nitrogen and oxygen atoms in total. The number of hydrogen-bond acceptors (Lipinski definition) is 6. The first kappa shape index (κ1) is 19.8. The molecule has 0 spiro atoms. The van der Waals surface area contributed by atoms with Crippen LogP contribution in [0.2, 0.25) is 0 Å². The number of alkyl halides is 4. The summed E-state index contributed by atoms with van der Waals surface area (Å²) < 4.78 is 101. The highest BCUT2D eigenvalue weighted by Crippen LogP contribution is 2.36. The first-order chi connectivity index (χ1) is 17.9. The second-order valence-corrected chi connectivity index (χ2v) is 8.25. The van der Waals surface area contributed by atoms with Crippen LogP contribution in [-0.2, 0) is 6.54 Å². The van der Waals surface area contributed by atoms with Gasteiger partial charge in [0.25, 0.3) is 12.3 Å². The van der Waals surface area contributed by atoms with E-state index in [1.807, 2.05) is 0 Å². The van der Waals surface area contributed by atoms with Crippen molar-refractivity contribution in [3.63, 3.8) is 0 Å². The molecule has 1 aromatic carbocycles. The summed E-state index contributed by atoms with van der Waals surface area (Å²) in [5, 5.41) is 6.66. The van der Waals surface area contributed by atoms with E-state index in [9.17, 15) is 17.6 Å². The van der Waals surface area contributed by atoms with Crippen molar-refractivity contribution in [2.75, 3.05) is 32.5 Å². The zero-order valence-corrected chi connectivity index (χ0v) is 18.4. The lowest BCUT2D eigenvalue weighted by Gasteiger charge is -2.36. The number of halogens is 5. The van der Waals surface area contributed by atoms with Crippen molar-refractivity contribution in [2.45, 2.75) is 31.4 Å². The Morgan fingerprint density at radius 2 is 2.17 bits per heavy atom. The summed E-state index contributed by atoms with van der Waals surface area (Å²) in [4.78, 5) is 8.97. The summed E-state index contributed by atoms with van der Waals surface area (Å²) in [7, 11) is 1.27. The normalized spacial score (nSPS) is 20.2. The third-order valence-corrected chi connectivity index (χ3v) is 5.89. The summed E-state index contributed by atoms with van der Waals surface area (Å²) in [5.74, 6) is -4.54. The molecule has 1 aliphatic rings. The van der Waals surface area contributed by atoms with Gasteiger partial charge in [-0.3, -0.25) is 0 Å². The van der Waals surface area contributed by atoms with Gasteiger partial charge in [-0.1, -0.05) is 6.07 Å². The van der Waals surface area contributed by atoms with Crippen molar-refractivity contribution >= 4 is 22.5 Å². The molecule has 1 fully saturated rings. The lowest BCUT2D eigenvalue weighted by molar-refractivity contribution is -0.0675. The van der Waals surface area contributed by atoms with E-state index in [2.05, 4.69) is 20.4 Å². The van der Waals surface area contributed by atoms with E-state index >= 15 is 4.39 Å². The molecule has 1 saturated heterocycles. The fourth-order valence-corrected chi connectivity index (χ4v) is 4.28. The molecular formula is C22H22F5N7O. The number of nitrogens with one attached hydrogen (secondary N) is 1. The van der Waals surface area contributed by atoms with Crippen LogP contribution >= 0.6 is 0 Å². The predicted molar refractivity (Wildman–Crippen MR) is 119 cm³/mol. The maximum absolute atomic E-state index is 15.2. The monoisotopic (exact) mass is 498 g/mol. The molecule has 186 valence electrons. The van der Waals surface area contributed by atoms with Crippen LogP contribution in [0.3, 0.4) is 0 Å². The number of benzene rings is 1. The van der Waals surface area contributed by atoms with Crippen LogP contribution in [0.1, 0.15) is 10.5 Å². The molecule has 0 unspecified atom stereocenters. The minimum Gasteiger partial charge on any atom is -0.479 e. The van der Waals surface area contributed by atoms with Crippen molar-refractivity contribution in [1.82, 2.24) is 29.0 Å². The Hall–Kier alpha value is -3.48. The molecule has 0 radical (unpaired) electrons. The third kappa shape index (κ3) is 4.24. The van der Waals surface area contributed by atoms with Gasteiger partial charge in [-0.25, -0.2) is 31.5 Å². The number of ether oxygens (including phenoxy) is 1. The average Bonchev–Trinajstić information content (AvgIpc) is 3.38. The topological polar surface area (TPSA) is 72.5 Å². The molecule has 0 aliphatic carbocycles. The van der Waals surface area contributed by atoms with E-state index in [0.717, 1.165) is 15.6 Å². The summed E-state index contributed by atoms with van der Waals surface area (Å²) in [6.45, 7) is -4.31. The number of methoxy groups -OCH3 is 1. The van der Waals surface area contributed by atoms with E-state index < -0.39 is 44.3 Å². The highest BCUT2D eigenvalue weighted by Gasteiger charge is 2.44. The maximum atomic E-state index is 15.2. The number of likely N-dealkylation sites (tertiary alicyclic amines) is 1. The van der Waals surface area contributed by atoms with Crippen LogP contribution in [0.5, 0.6) is 5.88 Å². The Kier molecular flexibility index (Phi) is 4.88. The number of imidazole rings is 1. The summed E-state index contributed by atoms with van der Waals surface area (Å²) in [5.41, 5.74) is 1.25. The van der Waals surface area contributed by atoms with Gasteiger partial charge in [0, 0.05) is 10.7 Å². The first-order valence-corrected chi connectivity index (χ1v) is 10.6. The number of rotatable bonds is 6. The Morgan fingerprint density at radius 1 is 1.34 bits per heavy atom. The Balaban J connectivity index is 1.51. The standard InChI is InChI=1S/C22H22F5N7O/c1-32-6-5-16(22(26,27)10-32)29-21-30-20(35-2)19-18(13(23)8-34(19)31-21)12-3-4-14-15(7-12)33(11-28-14)9-17(24)25/h3-4,7-8,11,16-17H,5-6,9-10H2,1-2H3,(H,29,31)/t16-/m1/s1/i1D3. The maximum Gasteiger partial charge on any atom is 0.280 e. The second-order valence-electron chi connectivity index (χ2n) is 8.25. The molecule has 35 heavy (non-hydrogen) atoms. The molecule has 5 rings (SSSR count). The van der Waals surface area contributed by atoms with E-state index in [1.54, 1.807) is 12.1 Å². The lowest BCUT2D eigenvalue weighted by Crippen LogP contribution is -2.53. The van der Waals surface area contributed by atoms with Crippen LogP contribution < -0.4 is 10.1 Å². The smallest absolute Gasteiger partial charge is 0.280 e.